The van der Waals surface area contributed by atoms with Crippen LogP contribution in [-0.4, -0.2) is 23.0 Å². The SMILES string of the molecule is C1=CCC(P(c2ccccn2)C2CCCCC2)NC1. The van der Waals surface area contributed by atoms with Crippen molar-refractivity contribution in [3.05, 3.63) is 36.5 Å². The molecule has 1 aromatic heterocycles. The Kier molecular flexibility index (Phi) is 4.63. The number of hydrogen-bond donors (Lipinski definition) is 1. The molecule has 0 amide bonds. The van der Waals surface area contributed by atoms with Gasteiger partial charge in [-0.1, -0.05) is 37.5 Å². The summed E-state index contributed by atoms with van der Waals surface area (Å²) in [7, 11) is -0.166. The Hall–Kier alpha value is -0.720. The van der Waals surface area contributed by atoms with Crippen molar-refractivity contribution in [2.75, 3.05) is 6.54 Å². The Morgan fingerprint density at radius 3 is 2.68 bits per heavy atom. The first kappa shape index (κ1) is 13.3. The standard InChI is InChI=1S/C16H23N2P/c1-2-8-14(9-3-1)19(15-10-4-6-12-17-15)16-11-5-7-13-18-16/h4-7,10,12,14,16,18H,1-3,8-9,11,13H2. The fraction of sp³-hybridized carbons (Fsp3) is 0.562. The Morgan fingerprint density at radius 1 is 1.11 bits per heavy atom. The molecule has 2 nitrogen and oxygen atoms in total. The van der Waals surface area contributed by atoms with Gasteiger partial charge in [0, 0.05) is 18.5 Å². The first-order chi connectivity index (χ1) is 9.45. The minimum atomic E-state index is -0.166. The van der Waals surface area contributed by atoms with Gasteiger partial charge >= 0.3 is 0 Å². The van der Waals surface area contributed by atoms with Gasteiger partial charge in [0.05, 0.1) is 5.44 Å². The van der Waals surface area contributed by atoms with Crippen molar-refractivity contribution in [2.24, 2.45) is 0 Å². The molecule has 19 heavy (non-hydrogen) atoms. The lowest BCUT2D eigenvalue weighted by Gasteiger charge is -2.37. The number of rotatable bonds is 3. The summed E-state index contributed by atoms with van der Waals surface area (Å²) in [4.78, 5) is 4.69. The van der Waals surface area contributed by atoms with Crippen LogP contribution >= 0.6 is 7.92 Å². The van der Waals surface area contributed by atoms with Gasteiger partial charge in [0.25, 0.3) is 0 Å². The van der Waals surface area contributed by atoms with Crippen LogP contribution in [0.1, 0.15) is 38.5 Å². The first-order valence-electron chi connectivity index (χ1n) is 7.53. The zero-order valence-electron chi connectivity index (χ0n) is 11.5. The molecule has 1 aliphatic carbocycles. The molecule has 2 atom stereocenters. The van der Waals surface area contributed by atoms with Crippen molar-refractivity contribution in [3.63, 3.8) is 0 Å². The summed E-state index contributed by atoms with van der Waals surface area (Å²) < 4.78 is 0. The van der Waals surface area contributed by atoms with Crippen LogP contribution in [-0.2, 0) is 0 Å². The van der Waals surface area contributed by atoms with Gasteiger partial charge in [0.15, 0.2) is 0 Å². The molecule has 2 heterocycles. The molecule has 2 aliphatic rings. The van der Waals surface area contributed by atoms with Gasteiger partial charge in [-0.05, 0) is 45.0 Å². The molecule has 1 aromatic rings. The number of aromatic nitrogens is 1. The molecule has 1 fully saturated rings. The summed E-state index contributed by atoms with van der Waals surface area (Å²) >= 11 is 0. The molecule has 0 radical (unpaired) electrons. The minimum Gasteiger partial charge on any atom is -0.306 e. The van der Waals surface area contributed by atoms with Gasteiger partial charge in [0.2, 0.25) is 0 Å². The van der Waals surface area contributed by atoms with Crippen LogP contribution < -0.4 is 10.8 Å². The van der Waals surface area contributed by atoms with Gasteiger partial charge in [-0.15, -0.1) is 0 Å². The average molecular weight is 274 g/mol. The fourth-order valence-electron chi connectivity index (χ4n) is 3.27. The van der Waals surface area contributed by atoms with Crippen LogP contribution in [0.2, 0.25) is 0 Å². The van der Waals surface area contributed by atoms with E-state index in [-0.39, 0.29) is 7.92 Å². The maximum atomic E-state index is 4.69. The van der Waals surface area contributed by atoms with Gasteiger partial charge in [-0.2, -0.15) is 0 Å². The van der Waals surface area contributed by atoms with Crippen molar-refractivity contribution in [3.8, 4) is 0 Å². The van der Waals surface area contributed by atoms with E-state index in [1.165, 1.54) is 44.0 Å². The Bertz CT molecular complexity index is 412. The average Bonchev–Trinajstić information content (AvgIpc) is 2.51. The van der Waals surface area contributed by atoms with E-state index < -0.39 is 0 Å². The third-order valence-electron chi connectivity index (χ3n) is 4.22. The predicted octanol–water partition coefficient (Wildman–Crippen LogP) is 3.40. The largest absolute Gasteiger partial charge is 0.306 e. The van der Waals surface area contributed by atoms with E-state index in [2.05, 4.69) is 29.6 Å². The summed E-state index contributed by atoms with van der Waals surface area (Å²) in [6, 6.07) is 6.44. The van der Waals surface area contributed by atoms with E-state index >= 15 is 0 Å². The molecule has 2 unspecified atom stereocenters. The summed E-state index contributed by atoms with van der Waals surface area (Å²) in [5.74, 6) is 0.637. The van der Waals surface area contributed by atoms with Gasteiger partial charge in [-0.25, -0.2) is 0 Å². The molecule has 0 saturated heterocycles. The molecule has 1 N–H and O–H groups in total. The lowest BCUT2D eigenvalue weighted by atomic mass is 10.0. The van der Waals surface area contributed by atoms with Crippen LogP contribution in [0.15, 0.2) is 36.5 Å². The molecule has 0 aromatic carbocycles. The second kappa shape index (κ2) is 6.63. The van der Waals surface area contributed by atoms with E-state index in [1.807, 2.05) is 12.3 Å². The first-order valence-corrected chi connectivity index (χ1v) is 9.01. The smallest absolute Gasteiger partial charge is 0.0649 e. The monoisotopic (exact) mass is 274 g/mol. The van der Waals surface area contributed by atoms with Crippen molar-refractivity contribution in [1.29, 1.82) is 0 Å². The topological polar surface area (TPSA) is 24.9 Å². The van der Waals surface area contributed by atoms with Crippen molar-refractivity contribution < 1.29 is 0 Å². The molecule has 3 rings (SSSR count). The number of nitrogens with one attached hydrogen (secondary N) is 1. The van der Waals surface area contributed by atoms with Crippen LogP contribution in [0.25, 0.3) is 0 Å². The number of pyridine rings is 1. The highest BCUT2D eigenvalue weighted by molar-refractivity contribution is 7.66. The molecular formula is C16H23N2P. The highest BCUT2D eigenvalue weighted by Gasteiger charge is 2.32. The molecule has 3 heteroatoms. The Morgan fingerprint density at radius 2 is 2.00 bits per heavy atom. The van der Waals surface area contributed by atoms with E-state index in [1.54, 1.807) is 0 Å². The van der Waals surface area contributed by atoms with E-state index in [0.717, 1.165) is 12.2 Å². The van der Waals surface area contributed by atoms with Gasteiger partial charge in [0.1, 0.15) is 0 Å². The van der Waals surface area contributed by atoms with Gasteiger partial charge < -0.3 is 5.32 Å². The highest BCUT2D eigenvalue weighted by Crippen LogP contribution is 2.50. The van der Waals surface area contributed by atoms with Crippen LogP contribution in [0.3, 0.4) is 0 Å². The molecular weight excluding hydrogens is 251 g/mol. The van der Waals surface area contributed by atoms with Crippen molar-refractivity contribution in [2.45, 2.75) is 50.0 Å². The zero-order valence-corrected chi connectivity index (χ0v) is 12.4. The Labute approximate surface area is 117 Å². The van der Waals surface area contributed by atoms with Crippen LogP contribution in [0, 0.1) is 0 Å². The highest BCUT2D eigenvalue weighted by atomic mass is 31.1. The maximum absolute atomic E-state index is 4.69. The van der Waals surface area contributed by atoms with Crippen molar-refractivity contribution in [1.82, 2.24) is 10.3 Å². The molecule has 102 valence electrons. The third kappa shape index (κ3) is 3.24. The van der Waals surface area contributed by atoms with Gasteiger partial charge in [-0.3, -0.25) is 4.98 Å². The zero-order chi connectivity index (χ0) is 12.9. The van der Waals surface area contributed by atoms with Crippen LogP contribution in [0.4, 0.5) is 0 Å². The molecule has 0 spiro atoms. The Balaban J connectivity index is 1.83. The molecule has 1 aliphatic heterocycles. The third-order valence-corrected chi connectivity index (χ3v) is 7.38. The number of nitrogens with zero attached hydrogens (tertiary/aromatic N) is 1. The lowest BCUT2D eigenvalue weighted by Crippen LogP contribution is -2.37. The summed E-state index contributed by atoms with van der Waals surface area (Å²) in [5.41, 5.74) is 2.24. The summed E-state index contributed by atoms with van der Waals surface area (Å²) in [5, 5.41) is 3.72. The second-order valence-corrected chi connectivity index (χ2v) is 8.14. The van der Waals surface area contributed by atoms with Crippen LogP contribution in [0.5, 0.6) is 0 Å². The normalized spacial score (nSPS) is 26.2. The quantitative estimate of drug-likeness (QED) is 0.675. The predicted molar refractivity (Wildman–Crippen MR) is 83.2 cm³/mol. The summed E-state index contributed by atoms with van der Waals surface area (Å²) in [6.07, 6.45) is 14.8. The molecule has 0 bridgehead atoms. The van der Waals surface area contributed by atoms with E-state index in [9.17, 15) is 0 Å². The molecule has 1 saturated carbocycles. The van der Waals surface area contributed by atoms with Crippen molar-refractivity contribution >= 4 is 13.4 Å². The fourth-order valence-corrected chi connectivity index (χ4v) is 6.51. The summed E-state index contributed by atoms with van der Waals surface area (Å²) in [6.45, 7) is 1.03. The lowest BCUT2D eigenvalue weighted by molar-refractivity contribution is 0.506. The van der Waals surface area contributed by atoms with E-state index in [0.29, 0.717) is 5.78 Å². The second-order valence-electron chi connectivity index (χ2n) is 5.52. The van der Waals surface area contributed by atoms with E-state index in [4.69, 9.17) is 4.98 Å². The number of hydrogen-bond acceptors (Lipinski definition) is 2. The minimum absolute atomic E-state index is 0.166. The maximum Gasteiger partial charge on any atom is 0.0649 e.